The van der Waals surface area contributed by atoms with Crippen molar-refractivity contribution in [2.45, 2.75) is 26.7 Å². The van der Waals surface area contributed by atoms with E-state index in [9.17, 15) is 24.9 Å². The number of phenols is 3. The van der Waals surface area contributed by atoms with Crippen LogP contribution in [0.3, 0.4) is 0 Å². The molecule has 5 nitrogen and oxygen atoms in total. The molecule has 1 aliphatic rings. The number of carbonyl (C=O) groups is 2. The number of aromatic hydroxyl groups is 3. The molecule has 0 saturated carbocycles. The molecule has 0 aromatic heterocycles. The van der Waals surface area contributed by atoms with E-state index < -0.39 is 17.3 Å². The van der Waals surface area contributed by atoms with Gasteiger partial charge >= 0.3 is 0 Å². The van der Waals surface area contributed by atoms with Crippen molar-refractivity contribution < 1.29 is 24.9 Å². The highest BCUT2D eigenvalue weighted by Gasteiger charge is 2.36. The fraction of sp³-hybridized carbons (Fsp3) is 0.200. The molecule has 0 radical (unpaired) electrons. The lowest BCUT2D eigenvalue weighted by atomic mass is 9.81. The van der Waals surface area contributed by atoms with Crippen molar-refractivity contribution in [1.29, 1.82) is 0 Å². The number of carbonyl (C=O) groups excluding carboxylic acids is 2. The normalized spacial score (nSPS) is 12.2. The molecule has 0 spiro atoms. The van der Waals surface area contributed by atoms with E-state index in [2.05, 4.69) is 11.8 Å². The zero-order valence-electron chi connectivity index (χ0n) is 13.8. The van der Waals surface area contributed by atoms with Gasteiger partial charge in [-0.05, 0) is 37.1 Å². The van der Waals surface area contributed by atoms with Crippen LogP contribution in [0.5, 0.6) is 17.2 Å². The minimum Gasteiger partial charge on any atom is -0.507 e. The predicted molar refractivity (Wildman–Crippen MR) is 91.3 cm³/mol. The van der Waals surface area contributed by atoms with E-state index in [0.717, 1.165) is 12.5 Å². The molecular weight excluding hydrogens is 320 g/mol. The summed E-state index contributed by atoms with van der Waals surface area (Å²) in [6.45, 7) is 3.62. The van der Waals surface area contributed by atoms with Gasteiger partial charge in [0, 0.05) is 17.5 Å². The van der Waals surface area contributed by atoms with E-state index >= 15 is 0 Å². The van der Waals surface area contributed by atoms with Gasteiger partial charge in [-0.3, -0.25) is 9.59 Å². The molecular formula is C20H16O5. The molecule has 0 aliphatic heterocycles. The highest BCUT2D eigenvalue weighted by atomic mass is 16.3. The van der Waals surface area contributed by atoms with E-state index in [1.807, 2.05) is 6.92 Å². The van der Waals surface area contributed by atoms with Crippen LogP contribution in [-0.4, -0.2) is 26.9 Å². The summed E-state index contributed by atoms with van der Waals surface area (Å²) in [5.41, 5.74) is 0.101. The van der Waals surface area contributed by atoms with Crippen LogP contribution in [0, 0.1) is 18.8 Å². The second-order valence-electron chi connectivity index (χ2n) is 5.96. The lowest BCUT2D eigenvalue weighted by Gasteiger charge is -2.20. The van der Waals surface area contributed by atoms with Crippen molar-refractivity contribution in [3.05, 3.63) is 51.6 Å². The number of hydrogen-bond acceptors (Lipinski definition) is 5. The summed E-state index contributed by atoms with van der Waals surface area (Å²) in [5.74, 6) is 3.01. The molecule has 2 aromatic carbocycles. The van der Waals surface area contributed by atoms with E-state index in [-0.39, 0.29) is 39.3 Å². The third kappa shape index (κ3) is 2.52. The van der Waals surface area contributed by atoms with Crippen molar-refractivity contribution in [2.75, 3.05) is 0 Å². The third-order valence-electron chi connectivity index (χ3n) is 4.07. The maximum atomic E-state index is 12.8. The van der Waals surface area contributed by atoms with Gasteiger partial charge in [-0.15, -0.1) is 0 Å². The Morgan fingerprint density at radius 1 is 0.920 bits per heavy atom. The lowest BCUT2D eigenvalue weighted by molar-refractivity contribution is 0.0974. The Hall–Kier alpha value is -3.26. The fourth-order valence-electron chi connectivity index (χ4n) is 2.92. The molecule has 0 unspecified atom stereocenters. The standard InChI is InChI=1S/C20H16O5/c1-3-4-5-6-11-14(21)9-13-17(19(11)24)20(25)16-12(18(13)23)7-10(2)8-15(16)22/h7-9,21-22,24H,3-4H2,1-2H3. The van der Waals surface area contributed by atoms with Crippen molar-refractivity contribution >= 4 is 11.6 Å². The first-order valence-corrected chi connectivity index (χ1v) is 7.87. The van der Waals surface area contributed by atoms with Gasteiger partial charge in [-0.2, -0.15) is 0 Å². The van der Waals surface area contributed by atoms with Crippen LogP contribution in [0.15, 0.2) is 18.2 Å². The van der Waals surface area contributed by atoms with Crippen LogP contribution in [0.1, 0.15) is 62.7 Å². The zero-order chi connectivity index (χ0) is 18.3. The van der Waals surface area contributed by atoms with Gasteiger partial charge in [0.2, 0.25) is 5.78 Å². The molecule has 0 amide bonds. The SMILES string of the molecule is CCCC#Cc1c(O)cc2c(c1O)C(=O)c1c(O)cc(C)cc1C2=O. The molecule has 3 N–H and O–H groups in total. The van der Waals surface area contributed by atoms with Crippen LogP contribution in [-0.2, 0) is 0 Å². The molecule has 0 heterocycles. The summed E-state index contributed by atoms with van der Waals surface area (Å²) in [7, 11) is 0. The maximum Gasteiger partial charge on any atom is 0.202 e. The van der Waals surface area contributed by atoms with Gasteiger partial charge in [-0.1, -0.05) is 18.8 Å². The maximum absolute atomic E-state index is 12.8. The van der Waals surface area contributed by atoms with Crippen LogP contribution < -0.4 is 0 Å². The average molecular weight is 336 g/mol. The van der Waals surface area contributed by atoms with E-state index in [0.29, 0.717) is 12.0 Å². The quantitative estimate of drug-likeness (QED) is 0.594. The zero-order valence-corrected chi connectivity index (χ0v) is 13.8. The summed E-state index contributed by atoms with van der Waals surface area (Å²) < 4.78 is 0. The number of unbranched alkanes of at least 4 members (excludes halogenated alkanes) is 1. The first-order chi connectivity index (χ1) is 11.9. The van der Waals surface area contributed by atoms with E-state index in [4.69, 9.17) is 0 Å². The topological polar surface area (TPSA) is 94.8 Å². The summed E-state index contributed by atoms with van der Waals surface area (Å²) in [6.07, 6.45) is 1.36. The summed E-state index contributed by atoms with van der Waals surface area (Å²) >= 11 is 0. The van der Waals surface area contributed by atoms with Crippen molar-refractivity contribution in [1.82, 2.24) is 0 Å². The van der Waals surface area contributed by atoms with Gasteiger partial charge in [0.25, 0.3) is 0 Å². The molecule has 5 heteroatoms. The van der Waals surface area contributed by atoms with Crippen molar-refractivity contribution in [3.8, 4) is 29.1 Å². The second kappa shape index (κ2) is 5.99. The Morgan fingerprint density at radius 2 is 1.60 bits per heavy atom. The number of benzene rings is 2. The molecule has 2 aromatic rings. The number of rotatable bonds is 1. The van der Waals surface area contributed by atoms with Crippen LogP contribution in [0.4, 0.5) is 0 Å². The summed E-state index contributed by atoms with van der Waals surface area (Å²) in [4.78, 5) is 25.5. The van der Waals surface area contributed by atoms with Gasteiger partial charge in [0.1, 0.15) is 22.8 Å². The Kier molecular flexibility index (Phi) is 3.97. The summed E-state index contributed by atoms with van der Waals surface area (Å²) in [5, 5.41) is 30.7. The molecule has 1 aliphatic carbocycles. The lowest BCUT2D eigenvalue weighted by Crippen LogP contribution is -2.21. The number of phenolic OH excluding ortho intramolecular Hbond substituents is 3. The highest BCUT2D eigenvalue weighted by molar-refractivity contribution is 6.30. The minimum absolute atomic E-state index is 0.0543. The predicted octanol–water partition coefficient (Wildman–Crippen LogP) is 3.04. The molecule has 25 heavy (non-hydrogen) atoms. The number of aryl methyl sites for hydroxylation is 1. The molecule has 126 valence electrons. The second-order valence-corrected chi connectivity index (χ2v) is 5.96. The monoisotopic (exact) mass is 336 g/mol. The van der Waals surface area contributed by atoms with Crippen LogP contribution >= 0.6 is 0 Å². The van der Waals surface area contributed by atoms with Gasteiger partial charge in [0.15, 0.2) is 5.78 Å². The number of hydrogen-bond donors (Lipinski definition) is 3. The smallest absolute Gasteiger partial charge is 0.202 e. The van der Waals surface area contributed by atoms with Crippen LogP contribution in [0.2, 0.25) is 0 Å². The Bertz CT molecular complexity index is 990. The van der Waals surface area contributed by atoms with Crippen molar-refractivity contribution in [2.24, 2.45) is 0 Å². The Morgan fingerprint density at radius 3 is 2.28 bits per heavy atom. The molecule has 0 atom stereocenters. The number of fused-ring (bicyclic) bond motifs is 2. The van der Waals surface area contributed by atoms with E-state index in [1.165, 1.54) is 12.1 Å². The summed E-state index contributed by atoms with van der Waals surface area (Å²) in [6, 6.07) is 4.03. The van der Waals surface area contributed by atoms with Crippen molar-refractivity contribution in [3.63, 3.8) is 0 Å². The molecule has 0 bridgehead atoms. The van der Waals surface area contributed by atoms with Gasteiger partial charge in [-0.25, -0.2) is 0 Å². The fourth-order valence-corrected chi connectivity index (χ4v) is 2.92. The highest BCUT2D eigenvalue weighted by Crippen LogP contribution is 2.41. The average Bonchev–Trinajstić information content (AvgIpc) is 2.54. The molecule has 0 saturated heterocycles. The molecule has 3 rings (SSSR count). The van der Waals surface area contributed by atoms with Gasteiger partial charge < -0.3 is 15.3 Å². The Balaban J connectivity index is 2.28. The molecule has 0 fully saturated rings. The minimum atomic E-state index is -0.668. The number of ketones is 2. The third-order valence-corrected chi connectivity index (χ3v) is 4.07. The van der Waals surface area contributed by atoms with Gasteiger partial charge in [0.05, 0.1) is 11.1 Å². The Labute approximate surface area is 144 Å². The van der Waals surface area contributed by atoms with E-state index in [1.54, 1.807) is 6.92 Å². The first kappa shape index (κ1) is 16.6. The largest absolute Gasteiger partial charge is 0.507 e. The van der Waals surface area contributed by atoms with Crippen LogP contribution in [0.25, 0.3) is 0 Å². The first-order valence-electron chi connectivity index (χ1n) is 7.87.